The molecule has 0 aliphatic rings. The van der Waals surface area contributed by atoms with Gasteiger partial charge in [0.05, 0.1) is 12.8 Å². The van der Waals surface area contributed by atoms with Crippen LogP contribution < -0.4 is 10.1 Å². The Morgan fingerprint density at radius 1 is 1.46 bits per heavy atom. The van der Waals surface area contributed by atoms with Crippen molar-refractivity contribution in [2.45, 2.75) is 13.3 Å². The maximum absolute atomic E-state index is 5.29. The van der Waals surface area contributed by atoms with Gasteiger partial charge in [-0.3, -0.25) is 4.98 Å². The minimum absolute atomic E-state index is 0.692. The van der Waals surface area contributed by atoms with E-state index in [0.717, 1.165) is 24.4 Å². The van der Waals surface area contributed by atoms with Gasteiger partial charge in [-0.25, -0.2) is 0 Å². The maximum Gasteiger partial charge on any atom is 0.137 e. The summed E-state index contributed by atoms with van der Waals surface area (Å²) in [6, 6.07) is 3.96. The van der Waals surface area contributed by atoms with Crippen LogP contribution in [-0.4, -0.2) is 25.2 Å². The molecule has 0 unspecified atom stereocenters. The van der Waals surface area contributed by atoms with Gasteiger partial charge in [0, 0.05) is 18.7 Å². The van der Waals surface area contributed by atoms with E-state index in [0.29, 0.717) is 6.61 Å². The fourth-order valence-corrected chi connectivity index (χ4v) is 1.06. The Morgan fingerprint density at radius 2 is 2.31 bits per heavy atom. The predicted octanol–water partition coefficient (Wildman–Crippen LogP) is 1.24. The highest BCUT2D eigenvalue weighted by Crippen LogP contribution is 2.08. The normalized spacial score (nSPS) is 10.0. The Morgan fingerprint density at radius 3 is 2.85 bits per heavy atom. The van der Waals surface area contributed by atoms with E-state index in [-0.39, 0.29) is 0 Å². The summed E-state index contributed by atoms with van der Waals surface area (Å²) in [5.74, 6) is 0.843. The molecule has 0 saturated carbocycles. The highest BCUT2D eigenvalue weighted by atomic mass is 16.5. The highest BCUT2D eigenvalue weighted by molar-refractivity contribution is 5.19. The van der Waals surface area contributed by atoms with Gasteiger partial charge in [0.2, 0.25) is 0 Å². The first-order chi connectivity index (χ1) is 6.36. The van der Waals surface area contributed by atoms with Crippen molar-refractivity contribution >= 4 is 0 Å². The zero-order valence-corrected chi connectivity index (χ0v) is 8.21. The number of nitrogens with one attached hydrogen (secondary N) is 1. The molecule has 0 radical (unpaired) electrons. The lowest BCUT2D eigenvalue weighted by atomic mass is 10.2. The van der Waals surface area contributed by atoms with Gasteiger partial charge in [0.15, 0.2) is 0 Å². The van der Waals surface area contributed by atoms with Crippen molar-refractivity contribution in [1.29, 1.82) is 0 Å². The monoisotopic (exact) mass is 180 g/mol. The molecule has 1 aromatic heterocycles. The lowest BCUT2D eigenvalue weighted by molar-refractivity contribution is 0.338. The molecule has 0 fully saturated rings. The van der Waals surface area contributed by atoms with Crippen molar-refractivity contribution in [3.05, 3.63) is 24.0 Å². The molecule has 0 aromatic carbocycles. The summed E-state index contributed by atoms with van der Waals surface area (Å²) in [6.07, 6.45) is 2.73. The zero-order valence-electron chi connectivity index (χ0n) is 8.21. The maximum atomic E-state index is 5.29. The van der Waals surface area contributed by atoms with Gasteiger partial charge >= 0.3 is 0 Å². The molecule has 3 heteroatoms. The Kier molecular flexibility index (Phi) is 4.26. The van der Waals surface area contributed by atoms with Crippen molar-refractivity contribution in [2.24, 2.45) is 0 Å². The van der Waals surface area contributed by atoms with Gasteiger partial charge < -0.3 is 10.1 Å². The quantitative estimate of drug-likeness (QED) is 0.740. The summed E-state index contributed by atoms with van der Waals surface area (Å²) < 4.78 is 5.29. The van der Waals surface area contributed by atoms with Crippen LogP contribution in [0.4, 0.5) is 0 Å². The fourth-order valence-electron chi connectivity index (χ4n) is 1.06. The number of hydrogen-bond acceptors (Lipinski definition) is 3. The molecule has 1 heterocycles. The van der Waals surface area contributed by atoms with Crippen molar-refractivity contribution in [2.75, 3.05) is 20.2 Å². The lowest BCUT2D eigenvalue weighted by Gasteiger charge is -2.03. The van der Waals surface area contributed by atoms with Gasteiger partial charge in [0.25, 0.3) is 0 Å². The second-order valence-electron chi connectivity index (χ2n) is 2.77. The van der Waals surface area contributed by atoms with Crippen molar-refractivity contribution in [3.8, 4) is 5.75 Å². The Hall–Kier alpha value is -1.09. The van der Waals surface area contributed by atoms with Gasteiger partial charge in [-0.1, -0.05) is 0 Å². The number of nitrogens with zero attached hydrogens (tertiary/aromatic N) is 1. The topological polar surface area (TPSA) is 34.1 Å². The second-order valence-corrected chi connectivity index (χ2v) is 2.77. The van der Waals surface area contributed by atoms with E-state index >= 15 is 0 Å². The molecule has 0 atom stereocenters. The molecule has 0 spiro atoms. The third-order valence-electron chi connectivity index (χ3n) is 1.74. The SMILES string of the molecule is CCOc1ccc(CCNC)nc1. The lowest BCUT2D eigenvalue weighted by Crippen LogP contribution is -2.11. The molecule has 1 N–H and O–H groups in total. The van der Waals surface area contributed by atoms with Gasteiger partial charge in [-0.2, -0.15) is 0 Å². The number of rotatable bonds is 5. The van der Waals surface area contributed by atoms with Gasteiger partial charge in [-0.15, -0.1) is 0 Å². The zero-order chi connectivity index (χ0) is 9.52. The van der Waals surface area contributed by atoms with Crippen molar-refractivity contribution in [1.82, 2.24) is 10.3 Å². The van der Waals surface area contributed by atoms with E-state index in [4.69, 9.17) is 4.74 Å². The van der Waals surface area contributed by atoms with Crippen LogP contribution in [0.25, 0.3) is 0 Å². The summed E-state index contributed by atoms with van der Waals surface area (Å²) in [5, 5.41) is 3.08. The molecular weight excluding hydrogens is 164 g/mol. The molecule has 1 rings (SSSR count). The average Bonchev–Trinajstić information content (AvgIpc) is 2.17. The summed E-state index contributed by atoms with van der Waals surface area (Å²) in [5.41, 5.74) is 1.10. The van der Waals surface area contributed by atoms with Crippen molar-refractivity contribution in [3.63, 3.8) is 0 Å². The summed E-state index contributed by atoms with van der Waals surface area (Å²) in [4.78, 5) is 4.27. The minimum Gasteiger partial charge on any atom is -0.492 e. The van der Waals surface area contributed by atoms with Crippen LogP contribution >= 0.6 is 0 Å². The number of likely N-dealkylation sites (N-methyl/N-ethyl adjacent to an activating group) is 1. The first kappa shape index (κ1) is 9.99. The number of ether oxygens (including phenoxy) is 1. The molecule has 1 aromatic rings. The molecule has 13 heavy (non-hydrogen) atoms. The molecular formula is C10H16N2O. The van der Waals surface area contributed by atoms with E-state index < -0.39 is 0 Å². The van der Waals surface area contributed by atoms with Gasteiger partial charge in [0.1, 0.15) is 5.75 Å². The Bertz CT molecular complexity index is 233. The molecule has 0 aliphatic carbocycles. The third-order valence-corrected chi connectivity index (χ3v) is 1.74. The van der Waals surface area contributed by atoms with Crippen LogP contribution in [-0.2, 0) is 6.42 Å². The molecule has 0 saturated heterocycles. The summed E-state index contributed by atoms with van der Waals surface area (Å²) in [6.45, 7) is 3.62. The molecule has 3 nitrogen and oxygen atoms in total. The van der Waals surface area contributed by atoms with Crippen molar-refractivity contribution < 1.29 is 4.74 Å². The molecule has 0 bridgehead atoms. The molecule has 0 amide bonds. The highest BCUT2D eigenvalue weighted by Gasteiger charge is 1.95. The van der Waals surface area contributed by atoms with E-state index in [9.17, 15) is 0 Å². The Balaban J connectivity index is 2.48. The van der Waals surface area contributed by atoms with Crippen LogP contribution in [0.15, 0.2) is 18.3 Å². The van der Waals surface area contributed by atoms with E-state index in [1.54, 1.807) is 6.20 Å². The third kappa shape index (κ3) is 3.42. The standard InChI is InChI=1S/C10H16N2O/c1-3-13-10-5-4-9(12-8-10)6-7-11-2/h4-5,8,11H,3,6-7H2,1-2H3. The van der Waals surface area contributed by atoms with Gasteiger partial charge in [-0.05, 0) is 26.1 Å². The molecule has 0 aliphatic heterocycles. The fraction of sp³-hybridized carbons (Fsp3) is 0.500. The smallest absolute Gasteiger partial charge is 0.137 e. The second kappa shape index (κ2) is 5.54. The molecule has 72 valence electrons. The van der Waals surface area contributed by atoms with Crippen LogP contribution in [0, 0.1) is 0 Å². The minimum atomic E-state index is 0.692. The number of aromatic nitrogens is 1. The van der Waals surface area contributed by atoms with E-state index in [1.807, 2.05) is 26.1 Å². The van der Waals surface area contributed by atoms with Crippen LogP contribution in [0.3, 0.4) is 0 Å². The van der Waals surface area contributed by atoms with E-state index in [2.05, 4.69) is 10.3 Å². The van der Waals surface area contributed by atoms with Crippen LogP contribution in [0.2, 0.25) is 0 Å². The Labute approximate surface area is 79.1 Å². The number of pyridine rings is 1. The largest absolute Gasteiger partial charge is 0.492 e. The van der Waals surface area contributed by atoms with Crippen LogP contribution in [0.5, 0.6) is 5.75 Å². The van der Waals surface area contributed by atoms with E-state index in [1.165, 1.54) is 0 Å². The van der Waals surface area contributed by atoms with Crippen LogP contribution in [0.1, 0.15) is 12.6 Å². The predicted molar refractivity (Wildman–Crippen MR) is 53.0 cm³/mol. The summed E-state index contributed by atoms with van der Waals surface area (Å²) >= 11 is 0. The average molecular weight is 180 g/mol. The number of hydrogen-bond donors (Lipinski definition) is 1. The summed E-state index contributed by atoms with van der Waals surface area (Å²) in [7, 11) is 1.94. The first-order valence-electron chi connectivity index (χ1n) is 4.59. The first-order valence-corrected chi connectivity index (χ1v) is 4.59.